The van der Waals surface area contributed by atoms with E-state index in [0.29, 0.717) is 11.0 Å². The maximum absolute atomic E-state index is 12.5. The van der Waals surface area contributed by atoms with Gasteiger partial charge in [0.05, 0.1) is 0 Å². The van der Waals surface area contributed by atoms with Gasteiger partial charge in [-0.1, -0.05) is 61.0 Å². The van der Waals surface area contributed by atoms with E-state index in [1.807, 2.05) is 0 Å². The molecular formula is C19H26OS. The van der Waals surface area contributed by atoms with E-state index in [9.17, 15) is 4.79 Å². The largest absolute Gasteiger partial charge is 0.287 e. The van der Waals surface area contributed by atoms with Crippen molar-refractivity contribution in [1.82, 2.24) is 0 Å². The Morgan fingerprint density at radius 3 is 2.57 bits per heavy atom. The lowest BCUT2D eigenvalue weighted by molar-refractivity contribution is -0.112. The van der Waals surface area contributed by atoms with E-state index in [-0.39, 0.29) is 11.3 Å². The van der Waals surface area contributed by atoms with Gasteiger partial charge in [0.2, 0.25) is 0 Å². The molecule has 0 spiro atoms. The Morgan fingerprint density at radius 2 is 1.95 bits per heavy atom. The molecule has 1 fully saturated rings. The third-order valence-electron chi connectivity index (χ3n) is 4.55. The smallest absolute Gasteiger partial charge is 0.193 e. The lowest BCUT2D eigenvalue weighted by atomic mass is 10.1. The quantitative estimate of drug-likeness (QED) is 0.702. The van der Waals surface area contributed by atoms with Crippen LogP contribution < -0.4 is 0 Å². The Balaban J connectivity index is 2.00. The molecule has 1 aromatic carbocycles. The van der Waals surface area contributed by atoms with Crippen molar-refractivity contribution >= 4 is 16.9 Å². The van der Waals surface area contributed by atoms with Gasteiger partial charge in [-0.3, -0.25) is 4.79 Å². The van der Waals surface area contributed by atoms with Crippen molar-refractivity contribution in [2.45, 2.75) is 47.3 Å². The highest BCUT2D eigenvalue weighted by atomic mass is 32.2. The van der Waals surface area contributed by atoms with Crippen LogP contribution in [0.15, 0.2) is 29.8 Å². The van der Waals surface area contributed by atoms with Crippen molar-refractivity contribution in [3.63, 3.8) is 0 Å². The van der Waals surface area contributed by atoms with Crippen LogP contribution >= 0.6 is 11.8 Å². The Bertz CT molecular complexity index is 579. The topological polar surface area (TPSA) is 17.1 Å². The van der Waals surface area contributed by atoms with Gasteiger partial charge in [-0.2, -0.15) is 0 Å². The number of thioether (sulfide) groups is 1. The Kier molecular flexibility index (Phi) is 4.67. The fourth-order valence-corrected chi connectivity index (χ4v) is 4.23. The maximum Gasteiger partial charge on any atom is 0.193 e. The summed E-state index contributed by atoms with van der Waals surface area (Å²) < 4.78 is 0. The van der Waals surface area contributed by atoms with E-state index in [4.69, 9.17) is 0 Å². The van der Waals surface area contributed by atoms with E-state index < -0.39 is 0 Å². The second-order valence-corrected chi connectivity index (χ2v) is 8.09. The van der Waals surface area contributed by atoms with Crippen LogP contribution in [-0.2, 0) is 10.5 Å². The summed E-state index contributed by atoms with van der Waals surface area (Å²) in [4.78, 5) is 12.5. The van der Waals surface area contributed by atoms with Crippen LogP contribution in [0.25, 0.3) is 0 Å². The second-order valence-electron chi connectivity index (χ2n) is 7.11. The second kappa shape index (κ2) is 6.00. The number of allylic oxidation sites excluding steroid dienone is 2. The van der Waals surface area contributed by atoms with Crippen molar-refractivity contribution < 1.29 is 4.79 Å². The maximum atomic E-state index is 12.5. The summed E-state index contributed by atoms with van der Waals surface area (Å²) in [5, 5.41) is 0.350. The molecule has 0 saturated heterocycles. The minimum absolute atomic E-state index is 0.128. The molecule has 0 radical (unpaired) electrons. The molecular weight excluding hydrogens is 276 g/mol. The number of carbonyl (C=O) groups excluding carboxylic acids is 1. The zero-order chi connectivity index (χ0) is 15.8. The van der Waals surface area contributed by atoms with Crippen LogP contribution in [0.5, 0.6) is 0 Å². The van der Waals surface area contributed by atoms with Crippen molar-refractivity contribution in [3.8, 4) is 0 Å². The first-order valence-corrected chi connectivity index (χ1v) is 8.60. The van der Waals surface area contributed by atoms with Gasteiger partial charge in [-0.15, -0.1) is 0 Å². The Morgan fingerprint density at radius 1 is 1.29 bits per heavy atom. The number of rotatable bonds is 4. The third-order valence-corrected chi connectivity index (χ3v) is 5.55. The standard InChI is InChI=1S/C19H26OS/c1-12(2)9-16-17(19(16,5)6)18(20)21-11-15-10-13(3)7-8-14(15)4/h7-10,16-17H,11H2,1-6H3. The monoisotopic (exact) mass is 302 g/mol. The molecule has 1 aliphatic rings. The highest BCUT2D eigenvalue weighted by Gasteiger charge is 2.60. The molecule has 2 heteroatoms. The van der Waals surface area contributed by atoms with E-state index in [0.717, 1.165) is 5.75 Å². The van der Waals surface area contributed by atoms with Crippen LogP contribution in [0.4, 0.5) is 0 Å². The average molecular weight is 302 g/mol. The van der Waals surface area contributed by atoms with Crippen LogP contribution in [0.3, 0.4) is 0 Å². The number of carbonyl (C=O) groups is 1. The van der Waals surface area contributed by atoms with Crippen molar-refractivity contribution in [3.05, 3.63) is 46.5 Å². The number of hydrogen-bond acceptors (Lipinski definition) is 2. The lowest BCUT2D eigenvalue weighted by Crippen LogP contribution is -2.02. The molecule has 2 unspecified atom stereocenters. The highest BCUT2D eigenvalue weighted by Crippen LogP contribution is 2.61. The normalized spacial score (nSPS) is 22.8. The molecule has 1 aromatic rings. The number of aryl methyl sites for hydroxylation is 2. The molecule has 0 heterocycles. The van der Waals surface area contributed by atoms with Gasteiger partial charge >= 0.3 is 0 Å². The molecule has 1 saturated carbocycles. The van der Waals surface area contributed by atoms with Gasteiger partial charge in [0.25, 0.3) is 0 Å². The molecule has 1 aliphatic carbocycles. The first-order chi connectivity index (χ1) is 9.73. The van der Waals surface area contributed by atoms with Crippen LogP contribution in [0.2, 0.25) is 0 Å². The SMILES string of the molecule is CC(C)=CC1C(C(=O)SCc2cc(C)ccc2C)C1(C)C. The fourth-order valence-electron chi connectivity index (χ4n) is 2.99. The molecule has 0 amide bonds. The summed E-state index contributed by atoms with van der Waals surface area (Å²) >= 11 is 1.49. The Labute approximate surface area is 133 Å². The van der Waals surface area contributed by atoms with Gasteiger partial charge in [0.1, 0.15) is 0 Å². The summed E-state index contributed by atoms with van der Waals surface area (Å²) in [6, 6.07) is 6.46. The van der Waals surface area contributed by atoms with E-state index >= 15 is 0 Å². The first-order valence-electron chi connectivity index (χ1n) is 7.61. The van der Waals surface area contributed by atoms with E-state index in [1.54, 1.807) is 0 Å². The van der Waals surface area contributed by atoms with Gasteiger partial charge in [-0.25, -0.2) is 0 Å². The van der Waals surface area contributed by atoms with E-state index in [2.05, 4.69) is 65.8 Å². The molecule has 0 bridgehead atoms. The molecule has 0 N–H and O–H groups in total. The van der Waals surface area contributed by atoms with Crippen LogP contribution in [0.1, 0.15) is 44.4 Å². The zero-order valence-electron chi connectivity index (χ0n) is 14.0. The summed E-state index contributed by atoms with van der Waals surface area (Å²) in [7, 11) is 0. The minimum Gasteiger partial charge on any atom is -0.287 e. The van der Waals surface area contributed by atoms with Crippen molar-refractivity contribution in [1.29, 1.82) is 0 Å². The van der Waals surface area contributed by atoms with Crippen molar-refractivity contribution in [2.75, 3.05) is 0 Å². The average Bonchev–Trinajstić information content (AvgIpc) is 2.90. The van der Waals surface area contributed by atoms with Crippen molar-refractivity contribution in [2.24, 2.45) is 17.3 Å². The molecule has 2 rings (SSSR count). The zero-order valence-corrected chi connectivity index (χ0v) is 14.8. The van der Waals surface area contributed by atoms with Crippen LogP contribution in [0, 0.1) is 31.1 Å². The summed E-state index contributed by atoms with van der Waals surface area (Å²) in [5.74, 6) is 1.39. The van der Waals surface area contributed by atoms with Gasteiger partial charge in [0, 0.05) is 11.7 Å². The fraction of sp³-hybridized carbons (Fsp3) is 0.526. The van der Waals surface area contributed by atoms with Crippen LogP contribution in [-0.4, -0.2) is 5.12 Å². The predicted octanol–water partition coefficient (Wildman–Crippen LogP) is 5.30. The highest BCUT2D eigenvalue weighted by molar-refractivity contribution is 8.13. The first kappa shape index (κ1) is 16.4. The predicted molar refractivity (Wildman–Crippen MR) is 92.4 cm³/mol. The lowest BCUT2D eigenvalue weighted by Gasteiger charge is -2.07. The summed E-state index contributed by atoms with van der Waals surface area (Å²) in [6.07, 6.45) is 2.26. The minimum atomic E-state index is 0.128. The molecule has 1 nitrogen and oxygen atoms in total. The summed E-state index contributed by atoms with van der Waals surface area (Å²) in [5.41, 5.74) is 5.26. The molecule has 0 aromatic heterocycles. The van der Waals surface area contributed by atoms with E-state index in [1.165, 1.54) is 34.0 Å². The summed E-state index contributed by atoms with van der Waals surface area (Å²) in [6.45, 7) is 12.9. The molecule has 2 atom stereocenters. The number of hydrogen-bond donors (Lipinski definition) is 0. The van der Waals surface area contributed by atoms with Gasteiger partial charge < -0.3 is 0 Å². The number of benzene rings is 1. The molecule has 21 heavy (non-hydrogen) atoms. The third kappa shape index (κ3) is 3.60. The van der Waals surface area contributed by atoms with Gasteiger partial charge in [-0.05, 0) is 50.2 Å². The Hall–Kier alpha value is -1.02. The molecule has 114 valence electrons. The molecule has 0 aliphatic heterocycles. The van der Waals surface area contributed by atoms with Gasteiger partial charge in [0.15, 0.2) is 5.12 Å².